The maximum Gasteiger partial charge on any atom is 0.416 e. The monoisotopic (exact) mass is 642 g/mol. The SMILES string of the molecule is O=C1S/C(=C\c2cc(Br)ccc2Oc2ccc(C(F)(F)F)cc2[N+](=O)[O-])C(=O)N1CCOc1ccc(Cl)cc1. The van der Waals surface area contributed by atoms with E-state index in [0.29, 0.717) is 39.1 Å². The number of nitro benzene ring substituents is 1. The Morgan fingerprint density at radius 1 is 1.05 bits per heavy atom. The maximum absolute atomic E-state index is 13.0. The zero-order valence-corrected chi connectivity index (χ0v) is 22.6. The van der Waals surface area contributed by atoms with Gasteiger partial charge in [0.15, 0.2) is 0 Å². The summed E-state index contributed by atoms with van der Waals surface area (Å²) in [7, 11) is 0. The minimum atomic E-state index is -4.78. The van der Waals surface area contributed by atoms with Crippen molar-refractivity contribution in [1.82, 2.24) is 4.90 Å². The van der Waals surface area contributed by atoms with Crippen LogP contribution >= 0.6 is 39.3 Å². The highest BCUT2D eigenvalue weighted by atomic mass is 79.9. The van der Waals surface area contributed by atoms with Crippen molar-refractivity contribution >= 4 is 62.2 Å². The van der Waals surface area contributed by atoms with Crippen LogP contribution in [0.25, 0.3) is 6.08 Å². The number of carbonyl (C=O) groups excluding carboxylic acids is 2. The van der Waals surface area contributed by atoms with Gasteiger partial charge in [0, 0.05) is 21.1 Å². The Morgan fingerprint density at radius 3 is 2.41 bits per heavy atom. The molecular weight excluding hydrogens is 629 g/mol. The minimum Gasteiger partial charge on any atom is -0.492 e. The molecule has 3 aromatic rings. The Hall–Kier alpha value is -3.55. The second-order valence-electron chi connectivity index (χ2n) is 7.86. The van der Waals surface area contributed by atoms with Gasteiger partial charge in [-0.05, 0) is 72.4 Å². The highest BCUT2D eigenvalue weighted by Crippen LogP contribution is 2.40. The Kier molecular flexibility index (Phi) is 8.52. The molecule has 4 rings (SSSR count). The van der Waals surface area contributed by atoms with Crippen LogP contribution in [-0.4, -0.2) is 34.1 Å². The molecule has 1 fully saturated rings. The van der Waals surface area contributed by atoms with Crippen molar-refractivity contribution in [3.05, 3.63) is 96.3 Å². The lowest BCUT2D eigenvalue weighted by Gasteiger charge is -2.13. The lowest BCUT2D eigenvalue weighted by molar-refractivity contribution is -0.385. The van der Waals surface area contributed by atoms with Gasteiger partial charge < -0.3 is 9.47 Å². The minimum absolute atomic E-state index is 0.0129. The standard InChI is InChI=1S/C25H15BrClF3N2O6S/c26-16-2-8-20(38-21-7-1-15(25(28,29)30)13-19(21)32(35)36)14(11-16)12-22-23(33)31(24(34)39-22)9-10-37-18-5-3-17(27)4-6-18/h1-8,11-13H,9-10H2/b22-12-. The zero-order chi connectivity index (χ0) is 28.3. The number of benzene rings is 3. The smallest absolute Gasteiger partial charge is 0.416 e. The Labute approximate surface area is 236 Å². The summed E-state index contributed by atoms with van der Waals surface area (Å²) >= 11 is 9.80. The number of amides is 2. The summed E-state index contributed by atoms with van der Waals surface area (Å²) in [5.74, 6) is -0.498. The molecule has 0 aromatic heterocycles. The van der Waals surface area contributed by atoms with E-state index in [-0.39, 0.29) is 29.4 Å². The van der Waals surface area contributed by atoms with Crippen LogP contribution in [0.4, 0.5) is 23.7 Å². The first-order valence-electron chi connectivity index (χ1n) is 10.9. The molecule has 0 bridgehead atoms. The molecule has 1 saturated heterocycles. The van der Waals surface area contributed by atoms with E-state index >= 15 is 0 Å². The van der Waals surface area contributed by atoms with Crippen LogP contribution in [-0.2, 0) is 11.0 Å². The van der Waals surface area contributed by atoms with E-state index in [2.05, 4.69) is 15.9 Å². The van der Waals surface area contributed by atoms with Crippen molar-refractivity contribution in [3.8, 4) is 17.2 Å². The lowest BCUT2D eigenvalue weighted by atomic mass is 10.1. The van der Waals surface area contributed by atoms with Crippen molar-refractivity contribution in [2.24, 2.45) is 0 Å². The zero-order valence-electron chi connectivity index (χ0n) is 19.4. The Balaban J connectivity index is 1.55. The van der Waals surface area contributed by atoms with E-state index in [1.807, 2.05) is 0 Å². The van der Waals surface area contributed by atoms with Gasteiger partial charge >= 0.3 is 11.9 Å². The van der Waals surface area contributed by atoms with E-state index in [9.17, 15) is 32.9 Å². The molecule has 1 aliphatic rings. The number of ether oxygens (including phenoxy) is 2. The van der Waals surface area contributed by atoms with Gasteiger partial charge in [-0.25, -0.2) is 0 Å². The molecule has 0 spiro atoms. The fourth-order valence-corrected chi connectivity index (χ4v) is 4.75. The Morgan fingerprint density at radius 2 is 1.74 bits per heavy atom. The number of hydrogen-bond acceptors (Lipinski definition) is 7. The number of carbonyl (C=O) groups is 2. The Bertz CT molecular complexity index is 1480. The van der Waals surface area contributed by atoms with Gasteiger partial charge in [0.2, 0.25) is 5.75 Å². The van der Waals surface area contributed by atoms with Crippen molar-refractivity contribution in [2.75, 3.05) is 13.2 Å². The largest absolute Gasteiger partial charge is 0.492 e. The summed E-state index contributed by atoms with van der Waals surface area (Å²) in [4.78, 5) is 36.9. The van der Waals surface area contributed by atoms with Crippen molar-refractivity contribution in [2.45, 2.75) is 6.18 Å². The molecule has 39 heavy (non-hydrogen) atoms. The van der Waals surface area contributed by atoms with Gasteiger partial charge in [0.25, 0.3) is 11.1 Å². The van der Waals surface area contributed by atoms with Gasteiger partial charge in [0.05, 0.1) is 21.9 Å². The predicted molar refractivity (Wildman–Crippen MR) is 142 cm³/mol. The van der Waals surface area contributed by atoms with Crippen LogP contribution in [0.2, 0.25) is 5.02 Å². The summed E-state index contributed by atoms with van der Waals surface area (Å²) in [5.41, 5.74) is -1.84. The third-order valence-electron chi connectivity index (χ3n) is 5.23. The number of imide groups is 1. The van der Waals surface area contributed by atoms with Gasteiger partial charge in [0.1, 0.15) is 18.1 Å². The first kappa shape index (κ1) is 28.5. The molecule has 0 saturated carbocycles. The van der Waals surface area contributed by atoms with E-state index < -0.39 is 39.2 Å². The van der Waals surface area contributed by atoms with Crippen LogP contribution in [0, 0.1) is 10.1 Å². The van der Waals surface area contributed by atoms with E-state index in [1.165, 1.54) is 18.2 Å². The topological polar surface area (TPSA) is 99.0 Å². The van der Waals surface area contributed by atoms with Gasteiger partial charge in [-0.1, -0.05) is 27.5 Å². The molecule has 0 N–H and O–H groups in total. The number of hydrogen-bond donors (Lipinski definition) is 0. The van der Waals surface area contributed by atoms with E-state index in [0.717, 1.165) is 11.0 Å². The van der Waals surface area contributed by atoms with Crippen LogP contribution < -0.4 is 9.47 Å². The number of nitro groups is 1. The van der Waals surface area contributed by atoms with Crippen molar-refractivity contribution in [3.63, 3.8) is 0 Å². The molecule has 1 heterocycles. The van der Waals surface area contributed by atoms with Gasteiger partial charge in [-0.15, -0.1) is 0 Å². The normalized spacial score (nSPS) is 14.7. The number of rotatable bonds is 8. The first-order valence-corrected chi connectivity index (χ1v) is 12.9. The molecule has 2 amide bonds. The number of alkyl halides is 3. The molecule has 0 unspecified atom stereocenters. The number of thioether (sulfide) groups is 1. The van der Waals surface area contributed by atoms with Crippen LogP contribution in [0.5, 0.6) is 17.2 Å². The average molecular weight is 644 g/mol. The van der Waals surface area contributed by atoms with Gasteiger partial charge in [-0.2, -0.15) is 13.2 Å². The highest BCUT2D eigenvalue weighted by Gasteiger charge is 2.36. The molecule has 14 heteroatoms. The number of nitrogens with zero attached hydrogens (tertiary/aromatic N) is 2. The second kappa shape index (κ2) is 11.7. The van der Waals surface area contributed by atoms with Crippen LogP contribution in [0.15, 0.2) is 70.0 Å². The number of halogens is 5. The quantitative estimate of drug-likeness (QED) is 0.140. The van der Waals surface area contributed by atoms with Crippen LogP contribution in [0.3, 0.4) is 0 Å². The summed E-state index contributed by atoms with van der Waals surface area (Å²) < 4.78 is 50.9. The van der Waals surface area contributed by atoms with E-state index in [1.54, 1.807) is 30.3 Å². The van der Waals surface area contributed by atoms with Crippen molar-refractivity contribution < 1.29 is 37.2 Å². The summed E-state index contributed by atoms with van der Waals surface area (Å²) in [6.07, 6.45) is -3.42. The maximum atomic E-state index is 13.0. The third kappa shape index (κ3) is 6.91. The molecule has 202 valence electrons. The molecule has 0 aliphatic carbocycles. The summed E-state index contributed by atoms with van der Waals surface area (Å²) in [6, 6.07) is 12.9. The molecule has 0 atom stereocenters. The van der Waals surface area contributed by atoms with Gasteiger partial charge in [-0.3, -0.25) is 24.6 Å². The second-order valence-corrected chi connectivity index (χ2v) is 10.2. The predicted octanol–water partition coefficient (Wildman–Crippen LogP) is 7.94. The summed E-state index contributed by atoms with van der Waals surface area (Å²) in [5, 5.41) is 11.5. The lowest BCUT2D eigenvalue weighted by Crippen LogP contribution is -2.32. The molecule has 3 aromatic carbocycles. The molecule has 0 radical (unpaired) electrons. The fourth-order valence-electron chi connectivity index (χ4n) is 3.39. The average Bonchev–Trinajstić information content (AvgIpc) is 3.13. The van der Waals surface area contributed by atoms with E-state index in [4.69, 9.17) is 21.1 Å². The first-order chi connectivity index (χ1) is 18.4. The molecular formula is C25H15BrClF3N2O6S. The third-order valence-corrected chi connectivity index (χ3v) is 6.88. The van der Waals surface area contributed by atoms with Crippen LogP contribution in [0.1, 0.15) is 11.1 Å². The molecule has 1 aliphatic heterocycles. The van der Waals surface area contributed by atoms with Crippen molar-refractivity contribution in [1.29, 1.82) is 0 Å². The summed E-state index contributed by atoms with van der Waals surface area (Å²) in [6.45, 7) is 0.0139. The highest BCUT2D eigenvalue weighted by molar-refractivity contribution is 9.10. The molecule has 8 nitrogen and oxygen atoms in total. The fraction of sp³-hybridized carbons (Fsp3) is 0.120.